The summed E-state index contributed by atoms with van der Waals surface area (Å²) in [7, 11) is 0. The van der Waals surface area contributed by atoms with Gasteiger partial charge in [-0.1, -0.05) is 0 Å². The van der Waals surface area contributed by atoms with Gasteiger partial charge in [-0.15, -0.1) is 0 Å². The van der Waals surface area contributed by atoms with Crippen molar-refractivity contribution in [2.45, 2.75) is 39.7 Å². The molecule has 1 heterocycles. The van der Waals surface area contributed by atoms with Gasteiger partial charge in [0.05, 0.1) is 6.10 Å². The van der Waals surface area contributed by atoms with Gasteiger partial charge in [0.2, 0.25) is 0 Å². The molecule has 0 aliphatic heterocycles. The molecule has 1 unspecified atom stereocenters. The molecule has 0 fully saturated rings. The summed E-state index contributed by atoms with van der Waals surface area (Å²) in [5.74, 6) is 2.43. The fourth-order valence-corrected chi connectivity index (χ4v) is 1.54. The minimum absolute atomic E-state index is 0.235. The van der Waals surface area contributed by atoms with Crippen LogP contribution >= 0.6 is 0 Å². The van der Waals surface area contributed by atoms with E-state index < -0.39 is 0 Å². The van der Waals surface area contributed by atoms with E-state index in [0.717, 1.165) is 43.4 Å². The summed E-state index contributed by atoms with van der Waals surface area (Å²) in [4.78, 5) is 8.59. The quantitative estimate of drug-likeness (QED) is 0.632. The van der Waals surface area contributed by atoms with Gasteiger partial charge >= 0.3 is 0 Å². The number of nitrogens with one attached hydrogen (secondary N) is 2. The third kappa shape index (κ3) is 5.49. The van der Waals surface area contributed by atoms with E-state index in [2.05, 4.69) is 20.6 Å². The standard InChI is InChI=1S/C12H22N4O/c1-4-13-11-8-12(16-10(3)15-11)14-7-5-6-9(2)17/h8-9,17H,4-7H2,1-3H3,(H2,13,14,15,16). The number of aromatic nitrogens is 2. The normalized spacial score (nSPS) is 12.2. The Morgan fingerprint density at radius 3 is 2.53 bits per heavy atom. The number of aryl methyl sites for hydroxylation is 1. The van der Waals surface area contributed by atoms with Gasteiger partial charge in [-0.25, -0.2) is 9.97 Å². The van der Waals surface area contributed by atoms with Crippen LogP contribution in [-0.4, -0.2) is 34.3 Å². The fraction of sp³-hybridized carbons (Fsp3) is 0.667. The van der Waals surface area contributed by atoms with E-state index in [1.165, 1.54) is 0 Å². The molecule has 0 aliphatic rings. The first-order valence-electron chi connectivity index (χ1n) is 6.13. The zero-order chi connectivity index (χ0) is 12.7. The van der Waals surface area contributed by atoms with Crippen molar-refractivity contribution in [3.05, 3.63) is 11.9 Å². The molecule has 1 aromatic heterocycles. The highest BCUT2D eigenvalue weighted by atomic mass is 16.3. The molecule has 0 bridgehead atoms. The molecule has 96 valence electrons. The lowest BCUT2D eigenvalue weighted by Crippen LogP contribution is -2.09. The summed E-state index contributed by atoms with van der Waals surface area (Å²) in [5.41, 5.74) is 0. The number of hydrogen-bond donors (Lipinski definition) is 3. The van der Waals surface area contributed by atoms with E-state index in [1.807, 2.05) is 19.9 Å². The first-order chi connectivity index (χ1) is 8.11. The Balaban J connectivity index is 2.46. The maximum Gasteiger partial charge on any atom is 0.131 e. The largest absolute Gasteiger partial charge is 0.393 e. The second-order valence-corrected chi connectivity index (χ2v) is 4.13. The lowest BCUT2D eigenvalue weighted by Gasteiger charge is -2.09. The van der Waals surface area contributed by atoms with E-state index in [-0.39, 0.29) is 6.10 Å². The van der Waals surface area contributed by atoms with Crippen LogP contribution in [0.5, 0.6) is 0 Å². The number of aliphatic hydroxyl groups excluding tert-OH is 1. The Bertz CT molecular complexity index is 341. The van der Waals surface area contributed by atoms with Gasteiger partial charge in [0.1, 0.15) is 17.5 Å². The molecule has 0 amide bonds. The van der Waals surface area contributed by atoms with Crippen molar-refractivity contribution in [3.63, 3.8) is 0 Å². The van der Waals surface area contributed by atoms with Crippen LogP contribution in [0.25, 0.3) is 0 Å². The summed E-state index contributed by atoms with van der Waals surface area (Å²) < 4.78 is 0. The Kier molecular flexibility index (Phi) is 5.69. The summed E-state index contributed by atoms with van der Waals surface area (Å²) in [6.45, 7) is 7.37. The van der Waals surface area contributed by atoms with Crippen molar-refractivity contribution < 1.29 is 5.11 Å². The zero-order valence-corrected chi connectivity index (χ0v) is 10.8. The summed E-state index contributed by atoms with van der Waals surface area (Å²) >= 11 is 0. The van der Waals surface area contributed by atoms with E-state index in [0.29, 0.717) is 0 Å². The number of aliphatic hydroxyl groups is 1. The molecule has 1 aromatic rings. The Hall–Kier alpha value is -1.36. The highest BCUT2D eigenvalue weighted by Gasteiger charge is 2.01. The van der Waals surface area contributed by atoms with Crippen molar-refractivity contribution in [2.75, 3.05) is 23.7 Å². The predicted octanol–water partition coefficient (Wildman–Crippen LogP) is 1.79. The molecular formula is C12H22N4O. The zero-order valence-electron chi connectivity index (χ0n) is 10.8. The number of nitrogens with zero attached hydrogens (tertiary/aromatic N) is 2. The minimum atomic E-state index is -0.235. The van der Waals surface area contributed by atoms with Gasteiger partial charge in [0.25, 0.3) is 0 Å². The summed E-state index contributed by atoms with van der Waals surface area (Å²) in [6.07, 6.45) is 1.50. The molecule has 0 aromatic carbocycles. The molecule has 1 atom stereocenters. The van der Waals surface area contributed by atoms with Gasteiger partial charge in [-0.3, -0.25) is 0 Å². The second-order valence-electron chi connectivity index (χ2n) is 4.13. The molecule has 0 spiro atoms. The van der Waals surface area contributed by atoms with Crippen LogP contribution in [0.3, 0.4) is 0 Å². The van der Waals surface area contributed by atoms with Crippen LogP contribution in [0.1, 0.15) is 32.5 Å². The number of rotatable bonds is 7. The van der Waals surface area contributed by atoms with Crippen molar-refractivity contribution in [1.29, 1.82) is 0 Å². The first-order valence-corrected chi connectivity index (χ1v) is 6.13. The van der Waals surface area contributed by atoms with E-state index in [4.69, 9.17) is 5.11 Å². The predicted molar refractivity (Wildman–Crippen MR) is 70.3 cm³/mol. The highest BCUT2D eigenvalue weighted by molar-refractivity contribution is 5.47. The molecule has 17 heavy (non-hydrogen) atoms. The molecule has 0 saturated carbocycles. The van der Waals surface area contributed by atoms with Crippen molar-refractivity contribution in [2.24, 2.45) is 0 Å². The lowest BCUT2D eigenvalue weighted by molar-refractivity contribution is 0.183. The van der Waals surface area contributed by atoms with Crippen LogP contribution in [0.15, 0.2) is 6.07 Å². The summed E-state index contributed by atoms with van der Waals surface area (Å²) in [6, 6.07) is 1.90. The maximum absolute atomic E-state index is 9.14. The van der Waals surface area contributed by atoms with Gasteiger partial charge in [0, 0.05) is 19.2 Å². The summed E-state index contributed by atoms with van der Waals surface area (Å²) in [5, 5.41) is 15.5. The topological polar surface area (TPSA) is 70.1 Å². The molecule has 0 aliphatic carbocycles. The molecule has 1 rings (SSSR count). The molecule has 3 N–H and O–H groups in total. The Labute approximate surface area is 103 Å². The highest BCUT2D eigenvalue weighted by Crippen LogP contribution is 2.11. The third-order valence-electron chi connectivity index (χ3n) is 2.30. The molecule has 5 nitrogen and oxygen atoms in total. The first kappa shape index (κ1) is 13.7. The molecule has 0 radical (unpaired) electrons. The van der Waals surface area contributed by atoms with Crippen LogP contribution < -0.4 is 10.6 Å². The van der Waals surface area contributed by atoms with E-state index in [9.17, 15) is 0 Å². The third-order valence-corrected chi connectivity index (χ3v) is 2.30. The van der Waals surface area contributed by atoms with Crippen LogP contribution in [-0.2, 0) is 0 Å². The second kappa shape index (κ2) is 7.06. The minimum Gasteiger partial charge on any atom is -0.393 e. The molecule has 0 saturated heterocycles. The van der Waals surface area contributed by atoms with E-state index in [1.54, 1.807) is 6.92 Å². The number of hydrogen-bond acceptors (Lipinski definition) is 5. The average Bonchev–Trinajstić information content (AvgIpc) is 2.24. The monoisotopic (exact) mass is 238 g/mol. The number of anilines is 2. The SMILES string of the molecule is CCNc1cc(NCCCC(C)O)nc(C)n1. The van der Waals surface area contributed by atoms with Gasteiger partial charge in [-0.05, 0) is 33.6 Å². The lowest BCUT2D eigenvalue weighted by atomic mass is 10.2. The van der Waals surface area contributed by atoms with Gasteiger partial charge in [0.15, 0.2) is 0 Å². The average molecular weight is 238 g/mol. The van der Waals surface area contributed by atoms with Crippen LogP contribution in [0.2, 0.25) is 0 Å². The van der Waals surface area contributed by atoms with Crippen molar-refractivity contribution in [1.82, 2.24) is 9.97 Å². The van der Waals surface area contributed by atoms with Crippen molar-refractivity contribution >= 4 is 11.6 Å². The van der Waals surface area contributed by atoms with Crippen LogP contribution in [0, 0.1) is 6.92 Å². The van der Waals surface area contributed by atoms with Gasteiger partial charge < -0.3 is 15.7 Å². The van der Waals surface area contributed by atoms with Gasteiger partial charge in [-0.2, -0.15) is 0 Å². The Morgan fingerprint density at radius 1 is 1.29 bits per heavy atom. The maximum atomic E-state index is 9.14. The fourth-order valence-electron chi connectivity index (χ4n) is 1.54. The molecule has 5 heteroatoms. The molecular weight excluding hydrogens is 216 g/mol. The van der Waals surface area contributed by atoms with E-state index >= 15 is 0 Å². The smallest absolute Gasteiger partial charge is 0.131 e. The Morgan fingerprint density at radius 2 is 1.94 bits per heavy atom. The van der Waals surface area contributed by atoms with Crippen LogP contribution in [0.4, 0.5) is 11.6 Å². The van der Waals surface area contributed by atoms with Crippen molar-refractivity contribution in [3.8, 4) is 0 Å².